The molecule has 2 aromatic heterocycles. The standard InChI is InChI=1S/C14H19ClN4/c1-9-5-6-11(8-17-9)13(16-3)7-12-10(2)18-19(4)14(12)15/h5-6,8,13,16H,7H2,1-4H3. The van der Waals surface area contributed by atoms with E-state index in [0.29, 0.717) is 5.15 Å². The number of halogens is 1. The van der Waals surface area contributed by atoms with Gasteiger partial charge in [-0.2, -0.15) is 5.10 Å². The fourth-order valence-corrected chi connectivity index (χ4v) is 2.43. The van der Waals surface area contributed by atoms with Crippen molar-refractivity contribution in [2.24, 2.45) is 7.05 Å². The third kappa shape index (κ3) is 2.96. The smallest absolute Gasteiger partial charge is 0.130 e. The maximum absolute atomic E-state index is 6.28. The van der Waals surface area contributed by atoms with Crippen molar-refractivity contribution in [3.63, 3.8) is 0 Å². The van der Waals surface area contributed by atoms with Crippen LogP contribution in [-0.4, -0.2) is 21.8 Å². The molecular formula is C14H19ClN4. The van der Waals surface area contributed by atoms with Crippen molar-refractivity contribution in [2.75, 3.05) is 7.05 Å². The van der Waals surface area contributed by atoms with Gasteiger partial charge in [-0.15, -0.1) is 0 Å². The van der Waals surface area contributed by atoms with Crippen LogP contribution in [0.5, 0.6) is 0 Å². The number of hydrogen-bond acceptors (Lipinski definition) is 3. The quantitative estimate of drug-likeness (QED) is 0.935. The van der Waals surface area contributed by atoms with Gasteiger partial charge in [-0.3, -0.25) is 9.67 Å². The van der Waals surface area contributed by atoms with E-state index in [-0.39, 0.29) is 6.04 Å². The van der Waals surface area contributed by atoms with Crippen LogP contribution in [0.1, 0.15) is 28.6 Å². The number of pyridine rings is 1. The summed E-state index contributed by atoms with van der Waals surface area (Å²) in [4.78, 5) is 4.35. The van der Waals surface area contributed by atoms with E-state index in [2.05, 4.69) is 21.5 Å². The summed E-state index contributed by atoms with van der Waals surface area (Å²) < 4.78 is 1.71. The zero-order valence-corrected chi connectivity index (χ0v) is 12.5. The number of aryl methyl sites for hydroxylation is 3. The van der Waals surface area contributed by atoms with Gasteiger partial charge in [0.1, 0.15) is 5.15 Å². The molecule has 2 aromatic rings. The second-order valence-corrected chi connectivity index (χ2v) is 5.11. The van der Waals surface area contributed by atoms with E-state index in [0.717, 1.165) is 28.9 Å². The third-order valence-electron chi connectivity index (χ3n) is 3.36. The minimum atomic E-state index is 0.188. The molecule has 0 aromatic carbocycles. The molecule has 0 aliphatic carbocycles. The molecule has 2 rings (SSSR count). The average Bonchev–Trinajstić information content (AvgIpc) is 2.63. The minimum absolute atomic E-state index is 0.188. The van der Waals surface area contributed by atoms with Gasteiger partial charge in [0, 0.05) is 30.5 Å². The lowest BCUT2D eigenvalue weighted by atomic mass is 10.0. The molecule has 0 bridgehead atoms. The van der Waals surface area contributed by atoms with E-state index in [1.54, 1.807) is 4.68 Å². The summed E-state index contributed by atoms with van der Waals surface area (Å²) in [7, 11) is 3.81. The van der Waals surface area contributed by atoms with Crippen molar-refractivity contribution in [1.29, 1.82) is 0 Å². The topological polar surface area (TPSA) is 42.7 Å². The molecule has 0 saturated heterocycles. The van der Waals surface area contributed by atoms with E-state index in [9.17, 15) is 0 Å². The molecule has 1 unspecified atom stereocenters. The first kappa shape index (κ1) is 14.0. The first-order chi connectivity index (χ1) is 9.02. The monoisotopic (exact) mass is 278 g/mol. The van der Waals surface area contributed by atoms with Crippen LogP contribution in [0.25, 0.3) is 0 Å². The first-order valence-electron chi connectivity index (χ1n) is 6.30. The molecule has 5 heteroatoms. The van der Waals surface area contributed by atoms with E-state index in [1.807, 2.05) is 40.2 Å². The lowest BCUT2D eigenvalue weighted by Crippen LogP contribution is -2.19. The Kier molecular flexibility index (Phi) is 4.22. The van der Waals surface area contributed by atoms with Crippen LogP contribution in [0.15, 0.2) is 18.3 Å². The summed E-state index contributed by atoms with van der Waals surface area (Å²) in [6.07, 6.45) is 2.72. The summed E-state index contributed by atoms with van der Waals surface area (Å²) in [5.74, 6) is 0. The highest BCUT2D eigenvalue weighted by atomic mass is 35.5. The Hall–Kier alpha value is -1.39. The zero-order chi connectivity index (χ0) is 14.0. The maximum Gasteiger partial charge on any atom is 0.130 e. The van der Waals surface area contributed by atoms with Gasteiger partial charge in [0.05, 0.1) is 5.69 Å². The Morgan fingerprint density at radius 1 is 1.37 bits per heavy atom. The molecule has 0 radical (unpaired) electrons. The number of likely N-dealkylation sites (N-methyl/N-ethyl adjacent to an activating group) is 1. The second-order valence-electron chi connectivity index (χ2n) is 4.76. The van der Waals surface area contributed by atoms with Crippen LogP contribution in [0.3, 0.4) is 0 Å². The van der Waals surface area contributed by atoms with Gasteiger partial charge in [-0.25, -0.2) is 0 Å². The lowest BCUT2D eigenvalue weighted by molar-refractivity contribution is 0.588. The molecule has 0 fully saturated rings. The highest BCUT2D eigenvalue weighted by molar-refractivity contribution is 6.30. The third-order valence-corrected chi connectivity index (χ3v) is 3.84. The Labute approximate surface area is 118 Å². The molecular weight excluding hydrogens is 260 g/mol. The summed E-state index contributed by atoms with van der Waals surface area (Å²) in [5, 5.41) is 8.37. The highest BCUT2D eigenvalue weighted by Crippen LogP contribution is 2.25. The van der Waals surface area contributed by atoms with Gasteiger partial charge in [-0.05, 0) is 38.9 Å². The number of hydrogen-bond donors (Lipinski definition) is 1. The van der Waals surface area contributed by atoms with Crippen LogP contribution in [-0.2, 0) is 13.5 Å². The molecule has 0 aliphatic heterocycles. The van der Waals surface area contributed by atoms with E-state index in [1.165, 1.54) is 0 Å². The lowest BCUT2D eigenvalue weighted by Gasteiger charge is -2.16. The molecule has 0 saturated carbocycles. The normalized spacial score (nSPS) is 12.7. The van der Waals surface area contributed by atoms with Crippen molar-refractivity contribution in [1.82, 2.24) is 20.1 Å². The van der Waals surface area contributed by atoms with E-state index in [4.69, 9.17) is 11.6 Å². The number of nitrogens with zero attached hydrogens (tertiary/aromatic N) is 3. The Balaban J connectivity index is 2.26. The van der Waals surface area contributed by atoms with Crippen molar-refractivity contribution >= 4 is 11.6 Å². The molecule has 2 heterocycles. The van der Waals surface area contributed by atoms with Gasteiger partial charge >= 0.3 is 0 Å². The van der Waals surface area contributed by atoms with Crippen LogP contribution < -0.4 is 5.32 Å². The highest BCUT2D eigenvalue weighted by Gasteiger charge is 2.17. The molecule has 102 valence electrons. The molecule has 0 spiro atoms. The first-order valence-corrected chi connectivity index (χ1v) is 6.68. The average molecular weight is 279 g/mol. The van der Waals surface area contributed by atoms with Crippen molar-refractivity contribution in [3.8, 4) is 0 Å². The maximum atomic E-state index is 6.28. The fraction of sp³-hybridized carbons (Fsp3) is 0.429. The van der Waals surface area contributed by atoms with Crippen LogP contribution >= 0.6 is 11.6 Å². The molecule has 1 N–H and O–H groups in total. The van der Waals surface area contributed by atoms with E-state index < -0.39 is 0 Å². The largest absolute Gasteiger partial charge is 0.313 e. The van der Waals surface area contributed by atoms with Gasteiger partial charge in [-0.1, -0.05) is 17.7 Å². The Morgan fingerprint density at radius 3 is 2.58 bits per heavy atom. The molecule has 0 aliphatic rings. The van der Waals surface area contributed by atoms with Crippen LogP contribution in [0, 0.1) is 13.8 Å². The predicted molar refractivity (Wildman–Crippen MR) is 77.4 cm³/mol. The number of aromatic nitrogens is 3. The Morgan fingerprint density at radius 2 is 2.11 bits per heavy atom. The predicted octanol–water partition coefficient (Wildman–Crippen LogP) is 2.59. The van der Waals surface area contributed by atoms with Gasteiger partial charge in [0.2, 0.25) is 0 Å². The van der Waals surface area contributed by atoms with Gasteiger partial charge in [0.15, 0.2) is 0 Å². The Bertz CT molecular complexity index is 560. The number of nitrogens with one attached hydrogen (secondary N) is 1. The van der Waals surface area contributed by atoms with Crippen LogP contribution in [0.2, 0.25) is 5.15 Å². The van der Waals surface area contributed by atoms with Crippen LogP contribution in [0.4, 0.5) is 0 Å². The second kappa shape index (κ2) is 5.72. The molecule has 0 amide bonds. The SMILES string of the molecule is CNC(Cc1c(C)nn(C)c1Cl)c1ccc(C)nc1. The summed E-state index contributed by atoms with van der Waals surface area (Å²) in [5.41, 5.74) is 4.25. The molecule has 4 nitrogen and oxygen atoms in total. The van der Waals surface area contributed by atoms with Gasteiger partial charge in [0.25, 0.3) is 0 Å². The summed E-state index contributed by atoms with van der Waals surface area (Å²) >= 11 is 6.28. The minimum Gasteiger partial charge on any atom is -0.313 e. The summed E-state index contributed by atoms with van der Waals surface area (Å²) in [6, 6.07) is 4.31. The molecule has 19 heavy (non-hydrogen) atoms. The number of rotatable bonds is 4. The van der Waals surface area contributed by atoms with E-state index >= 15 is 0 Å². The fourth-order valence-electron chi connectivity index (χ4n) is 2.18. The van der Waals surface area contributed by atoms with Crippen molar-refractivity contribution in [3.05, 3.63) is 46.0 Å². The zero-order valence-electron chi connectivity index (χ0n) is 11.7. The molecule has 1 atom stereocenters. The van der Waals surface area contributed by atoms with Gasteiger partial charge < -0.3 is 5.32 Å². The summed E-state index contributed by atoms with van der Waals surface area (Å²) in [6.45, 7) is 3.97. The van der Waals surface area contributed by atoms with Crippen molar-refractivity contribution in [2.45, 2.75) is 26.3 Å². The van der Waals surface area contributed by atoms with Crippen molar-refractivity contribution < 1.29 is 0 Å².